The number of rotatable bonds is 5. The highest BCUT2D eigenvalue weighted by Crippen LogP contribution is 2.28. The number of halogens is 2. The molecule has 0 spiro atoms. The molecule has 0 fully saturated rings. The normalized spacial score (nSPS) is 11.2. The van der Waals surface area contributed by atoms with Crippen LogP contribution in [0.15, 0.2) is 65.8 Å². The molecule has 0 saturated heterocycles. The van der Waals surface area contributed by atoms with Gasteiger partial charge in [0.15, 0.2) is 5.82 Å². The van der Waals surface area contributed by atoms with Gasteiger partial charge in [-0.3, -0.25) is 4.79 Å². The Morgan fingerprint density at radius 2 is 1.77 bits per heavy atom. The Hall–Kier alpha value is -3.35. The molecular formula is C22H16Cl2N4O2. The molecule has 0 atom stereocenters. The van der Waals surface area contributed by atoms with Crippen molar-refractivity contribution >= 4 is 46.4 Å². The number of fused-ring (bicyclic) bond motifs is 1. The lowest BCUT2D eigenvalue weighted by molar-refractivity contribution is 0.0946. The number of hydrazone groups is 1. The number of benzene rings is 3. The molecule has 2 N–H and O–H groups in total. The molecule has 4 aromatic rings. The molecule has 0 aliphatic carbocycles. The zero-order valence-corrected chi connectivity index (χ0v) is 17.3. The van der Waals surface area contributed by atoms with Crippen LogP contribution in [0.5, 0.6) is 11.5 Å². The maximum absolute atomic E-state index is 12.2. The third kappa shape index (κ3) is 4.79. The van der Waals surface area contributed by atoms with Gasteiger partial charge in [0.1, 0.15) is 11.5 Å². The number of hydrogen-bond acceptors (Lipinski definition) is 4. The van der Waals surface area contributed by atoms with E-state index in [0.717, 1.165) is 22.2 Å². The van der Waals surface area contributed by atoms with Crippen molar-refractivity contribution in [2.45, 2.75) is 6.92 Å². The summed E-state index contributed by atoms with van der Waals surface area (Å²) in [5.41, 5.74) is 5.87. The highest BCUT2D eigenvalue weighted by molar-refractivity contribution is 6.34. The topological polar surface area (TPSA) is 79.4 Å². The average molecular weight is 439 g/mol. The van der Waals surface area contributed by atoms with Crippen molar-refractivity contribution in [2.24, 2.45) is 5.10 Å². The van der Waals surface area contributed by atoms with E-state index in [1.807, 2.05) is 25.1 Å². The molecule has 4 rings (SSSR count). The standard InChI is InChI=1S/C22H16Cl2N4O2/c1-13-2-7-19-20(8-13)27-21(26-19)22(29)28-25-12-14-3-5-17(6-4-14)30-18-10-15(23)9-16(24)11-18/h2-12H,1H3,(H,26,27)(H,28,29)/b25-12+. The van der Waals surface area contributed by atoms with Gasteiger partial charge in [-0.15, -0.1) is 0 Å². The summed E-state index contributed by atoms with van der Waals surface area (Å²) in [6.07, 6.45) is 1.53. The fourth-order valence-electron chi connectivity index (χ4n) is 2.79. The Balaban J connectivity index is 1.38. The molecule has 1 aromatic heterocycles. The van der Waals surface area contributed by atoms with Crippen molar-refractivity contribution in [1.29, 1.82) is 0 Å². The van der Waals surface area contributed by atoms with Gasteiger partial charge in [0, 0.05) is 10.0 Å². The van der Waals surface area contributed by atoms with Crippen LogP contribution in [-0.2, 0) is 0 Å². The number of nitrogens with one attached hydrogen (secondary N) is 2. The van der Waals surface area contributed by atoms with Gasteiger partial charge in [-0.05, 0) is 72.6 Å². The molecule has 6 nitrogen and oxygen atoms in total. The predicted molar refractivity (Wildman–Crippen MR) is 119 cm³/mol. The van der Waals surface area contributed by atoms with Gasteiger partial charge in [0.2, 0.25) is 0 Å². The molecule has 0 unspecified atom stereocenters. The summed E-state index contributed by atoms with van der Waals surface area (Å²) >= 11 is 12.0. The van der Waals surface area contributed by atoms with E-state index >= 15 is 0 Å². The Labute approximate surface area is 182 Å². The van der Waals surface area contributed by atoms with Crippen LogP contribution in [0.4, 0.5) is 0 Å². The summed E-state index contributed by atoms with van der Waals surface area (Å²) in [4.78, 5) is 19.5. The number of carbonyl (C=O) groups is 1. The molecule has 8 heteroatoms. The van der Waals surface area contributed by atoms with Crippen LogP contribution in [0.1, 0.15) is 21.7 Å². The van der Waals surface area contributed by atoms with E-state index in [9.17, 15) is 4.79 Å². The molecule has 1 heterocycles. The van der Waals surface area contributed by atoms with Crippen molar-refractivity contribution in [1.82, 2.24) is 15.4 Å². The fourth-order valence-corrected chi connectivity index (χ4v) is 3.30. The molecule has 1 amide bonds. The molecule has 0 aliphatic rings. The second kappa shape index (κ2) is 8.57. The summed E-state index contributed by atoms with van der Waals surface area (Å²) in [6, 6.07) is 17.9. The van der Waals surface area contributed by atoms with E-state index in [4.69, 9.17) is 27.9 Å². The van der Waals surface area contributed by atoms with E-state index in [1.165, 1.54) is 6.21 Å². The van der Waals surface area contributed by atoms with Gasteiger partial charge in [0.25, 0.3) is 0 Å². The Kier molecular flexibility index (Phi) is 5.70. The van der Waals surface area contributed by atoms with Crippen molar-refractivity contribution < 1.29 is 9.53 Å². The number of nitrogens with zero attached hydrogens (tertiary/aromatic N) is 2. The zero-order valence-electron chi connectivity index (χ0n) is 15.8. The predicted octanol–water partition coefficient (Wildman–Crippen LogP) is 5.73. The maximum atomic E-state index is 12.2. The molecule has 0 bridgehead atoms. The fraction of sp³-hybridized carbons (Fsp3) is 0.0455. The number of imidazole rings is 1. The van der Waals surface area contributed by atoms with Crippen molar-refractivity contribution in [3.8, 4) is 11.5 Å². The Morgan fingerprint density at radius 3 is 2.50 bits per heavy atom. The van der Waals surface area contributed by atoms with Gasteiger partial charge >= 0.3 is 5.91 Å². The first-order valence-corrected chi connectivity index (χ1v) is 9.76. The van der Waals surface area contributed by atoms with Gasteiger partial charge in [-0.1, -0.05) is 29.3 Å². The van der Waals surface area contributed by atoms with Crippen LogP contribution < -0.4 is 10.2 Å². The number of aryl methyl sites for hydroxylation is 1. The molecule has 30 heavy (non-hydrogen) atoms. The van der Waals surface area contributed by atoms with Crippen LogP contribution in [0.2, 0.25) is 10.0 Å². The average Bonchev–Trinajstić information content (AvgIpc) is 3.12. The minimum Gasteiger partial charge on any atom is -0.457 e. The largest absolute Gasteiger partial charge is 0.457 e. The molecule has 0 saturated carbocycles. The van der Waals surface area contributed by atoms with E-state index < -0.39 is 5.91 Å². The Bertz CT molecular complexity index is 1230. The number of aromatic nitrogens is 2. The number of carbonyl (C=O) groups excluding carboxylic acids is 1. The van der Waals surface area contributed by atoms with Gasteiger partial charge in [-0.2, -0.15) is 5.10 Å². The first kappa shape index (κ1) is 19.9. The molecule has 3 aromatic carbocycles. The smallest absolute Gasteiger partial charge is 0.307 e. The maximum Gasteiger partial charge on any atom is 0.307 e. The van der Waals surface area contributed by atoms with E-state index in [0.29, 0.717) is 21.5 Å². The number of aromatic amines is 1. The summed E-state index contributed by atoms with van der Waals surface area (Å²) in [5.74, 6) is 0.948. The Morgan fingerprint density at radius 1 is 1.03 bits per heavy atom. The third-order valence-corrected chi connectivity index (χ3v) is 4.62. The summed E-state index contributed by atoms with van der Waals surface area (Å²) in [7, 11) is 0. The lowest BCUT2D eigenvalue weighted by Gasteiger charge is -2.07. The van der Waals surface area contributed by atoms with Gasteiger partial charge < -0.3 is 9.72 Å². The van der Waals surface area contributed by atoms with E-state index in [2.05, 4.69) is 20.5 Å². The van der Waals surface area contributed by atoms with Crippen LogP contribution in [0, 0.1) is 6.92 Å². The molecule has 0 aliphatic heterocycles. The van der Waals surface area contributed by atoms with Crippen LogP contribution in [0.3, 0.4) is 0 Å². The van der Waals surface area contributed by atoms with Crippen LogP contribution in [0.25, 0.3) is 11.0 Å². The first-order chi connectivity index (χ1) is 14.5. The lowest BCUT2D eigenvalue weighted by Crippen LogP contribution is -2.19. The quantitative estimate of drug-likeness (QED) is 0.308. The molecule has 0 radical (unpaired) electrons. The number of amides is 1. The number of H-pyrrole nitrogens is 1. The summed E-state index contributed by atoms with van der Waals surface area (Å²) in [5, 5.41) is 4.98. The summed E-state index contributed by atoms with van der Waals surface area (Å²) < 4.78 is 5.74. The van der Waals surface area contributed by atoms with E-state index in [1.54, 1.807) is 42.5 Å². The van der Waals surface area contributed by atoms with Gasteiger partial charge in [-0.25, -0.2) is 10.4 Å². The second-order valence-electron chi connectivity index (χ2n) is 6.58. The highest BCUT2D eigenvalue weighted by atomic mass is 35.5. The minimum absolute atomic E-state index is 0.205. The second-order valence-corrected chi connectivity index (χ2v) is 7.45. The monoisotopic (exact) mass is 438 g/mol. The van der Waals surface area contributed by atoms with Crippen molar-refractivity contribution in [2.75, 3.05) is 0 Å². The van der Waals surface area contributed by atoms with Crippen LogP contribution >= 0.6 is 23.2 Å². The first-order valence-electron chi connectivity index (χ1n) is 9.00. The minimum atomic E-state index is -0.419. The third-order valence-electron chi connectivity index (χ3n) is 4.18. The van der Waals surface area contributed by atoms with E-state index in [-0.39, 0.29) is 5.82 Å². The zero-order chi connectivity index (χ0) is 21.1. The number of ether oxygens (including phenoxy) is 1. The van der Waals surface area contributed by atoms with Crippen LogP contribution in [-0.4, -0.2) is 22.1 Å². The summed E-state index contributed by atoms with van der Waals surface area (Å²) in [6.45, 7) is 1.98. The molecule has 150 valence electrons. The molecular weight excluding hydrogens is 423 g/mol. The van der Waals surface area contributed by atoms with Crippen molar-refractivity contribution in [3.63, 3.8) is 0 Å². The van der Waals surface area contributed by atoms with Gasteiger partial charge in [0.05, 0.1) is 17.2 Å². The SMILES string of the molecule is Cc1ccc2nc(C(=O)N/N=C/c3ccc(Oc4cc(Cl)cc(Cl)c4)cc3)[nH]c2c1. The highest BCUT2D eigenvalue weighted by Gasteiger charge is 2.10. The lowest BCUT2D eigenvalue weighted by atomic mass is 10.2. The number of hydrogen-bond donors (Lipinski definition) is 2. The van der Waals surface area contributed by atoms with Crippen molar-refractivity contribution in [3.05, 3.63) is 87.7 Å².